The molecule has 1 nitrogen and oxygen atoms in total. The molecule has 0 fully saturated rings. The van der Waals surface area contributed by atoms with Crippen LogP contribution in [-0.4, -0.2) is 0 Å². The van der Waals surface area contributed by atoms with Crippen LogP contribution in [0, 0.1) is 6.92 Å². The van der Waals surface area contributed by atoms with E-state index < -0.39 is 0 Å². The van der Waals surface area contributed by atoms with Gasteiger partial charge in [0.15, 0.2) is 0 Å². The van der Waals surface area contributed by atoms with Crippen molar-refractivity contribution < 1.29 is 4.42 Å². The van der Waals surface area contributed by atoms with E-state index in [0.717, 1.165) is 12.2 Å². The maximum absolute atomic E-state index is 5.56. The molecule has 3 aromatic rings. The zero-order valence-electron chi connectivity index (χ0n) is 10.8. The summed E-state index contributed by atoms with van der Waals surface area (Å²) in [5.74, 6) is 1.02. The van der Waals surface area contributed by atoms with Crippen LogP contribution >= 0.6 is 15.9 Å². The zero-order chi connectivity index (χ0) is 13.2. The lowest BCUT2D eigenvalue weighted by molar-refractivity contribution is 0.504. The van der Waals surface area contributed by atoms with E-state index in [-0.39, 0.29) is 4.83 Å². The predicted molar refractivity (Wildman–Crippen MR) is 82.8 cm³/mol. The largest absolute Gasteiger partial charge is 0.468 e. The fourth-order valence-electron chi connectivity index (χ4n) is 2.46. The van der Waals surface area contributed by atoms with Gasteiger partial charge in [-0.3, -0.25) is 0 Å². The Kier molecular flexibility index (Phi) is 3.43. The average molecular weight is 315 g/mol. The van der Waals surface area contributed by atoms with E-state index in [1.807, 2.05) is 6.07 Å². The monoisotopic (exact) mass is 314 g/mol. The first-order valence-electron chi connectivity index (χ1n) is 6.40. The SMILES string of the molecule is Cc1ccoc1C(Br)Cc1cccc2ccccc12. The van der Waals surface area contributed by atoms with Crippen molar-refractivity contribution in [1.82, 2.24) is 0 Å². The van der Waals surface area contributed by atoms with Crippen LogP contribution < -0.4 is 0 Å². The second-order valence-corrected chi connectivity index (χ2v) is 5.88. The maximum atomic E-state index is 5.56. The molecule has 0 bridgehead atoms. The van der Waals surface area contributed by atoms with Gasteiger partial charge < -0.3 is 4.42 Å². The highest BCUT2D eigenvalue weighted by Crippen LogP contribution is 2.32. The summed E-state index contributed by atoms with van der Waals surface area (Å²) in [6, 6.07) is 17.0. The minimum Gasteiger partial charge on any atom is -0.468 e. The average Bonchev–Trinajstić information content (AvgIpc) is 2.85. The molecule has 2 heteroatoms. The fourth-order valence-corrected chi connectivity index (χ4v) is 3.28. The predicted octanol–water partition coefficient (Wildman–Crippen LogP) is 5.42. The van der Waals surface area contributed by atoms with Crippen molar-refractivity contribution >= 4 is 26.7 Å². The molecule has 0 radical (unpaired) electrons. The molecule has 3 rings (SSSR count). The van der Waals surface area contributed by atoms with E-state index in [1.54, 1.807) is 6.26 Å². The summed E-state index contributed by atoms with van der Waals surface area (Å²) in [5.41, 5.74) is 2.54. The van der Waals surface area contributed by atoms with Gasteiger partial charge in [-0.25, -0.2) is 0 Å². The Morgan fingerprint density at radius 2 is 1.84 bits per heavy atom. The van der Waals surface area contributed by atoms with Crippen LogP contribution in [0.4, 0.5) is 0 Å². The molecule has 0 aliphatic heterocycles. The molecule has 0 spiro atoms. The molecule has 0 saturated carbocycles. The van der Waals surface area contributed by atoms with Gasteiger partial charge in [-0.1, -0.05) is 58.4 Å². The van der Waals surface area contributed by atoms with Crippen molar-refractivity contribution in [2.75, 3.05) is 0 Å². The molecular weight excluding hydrogens is 300 g/mol. The Labute approximate surface area is 121 Å². The van der Waals surface area contributed by atoms with Gasteiger partial charge in [0.05, 0.1) is 11.1 Å². The van der Waals surface area contributed by atoms with Crippen molar-refractivity contribution in [3.63, 3.8) is 0 Å². The van der Waals surface area contributed by atoms with E-state index >= 15 is 0 Å². The highest BCUT2D eigenvalue weighted by Gasteiger charge is 2.15. The Balaban J connectivity index is 1.96. The number of benzene rings is 2. The first-order valence-corrected chi connectivity index (χ1v) is 7.32. The Morgan fingerprint density at radius 1 is 1.05 bits per heavy atom. The summed E-state index contributed by atoms with van der Waals surface area (Å²) >= 11 is 3.74. The van der Waals surface area contributed by atoms with Crippen LogP contribution in [0.5, 0.6) is 0 Å². The van der Waals surface area contributed by atoms with Crippen LogP contribution in [0.3, 0.4) is 0 Å². The topological polar surface area (TPSA) is 13.1 Å². The molecule has 1 unspecified atom stereocenters. The number of alkyl halides is 1. The summed E-state index contributed by atoms with van der Waals surface area (Å²) in [6.07, 6.45) is 2.68. The number of halogens is 1. The summed E-state index contributed by atoms with van der Waals surface area (Å²) in [7, 11) is 0. The van der Waals surface area contributed by atoms with Gasteiger partial charge in [-0.2, -0.15) is 0 Å². The van der Waals surface area contributed by atoms with Crippen molar-refractivity contribution in [1.29, 1.82) is 0 Å². The lowest BCUT2D eigenvalue weighted by Gasteiger charge is -2.11. The van der Waals surface area contributed by atoms with Crippen LogP contribution in [0.2, 0.25) is 0 Å². The van der Waals surface area contributed by atoms with Gasteiger partial charge in [0.25, 0.3) is 0 Å². The molecule has 0 N–H and O–H groups in total. The Hall–Kier alpha value is -1.54. The third kappa shape index (κ3) is 2.45. The van der Waals surface area contributed by atoms with Crippen LogP contribution in [0.15, 0.2) is 59.2 Å². The summed E-state index contributed by atoms with van der Waals surface area (Å²) < 4.78 is 5.56. The number of aryl methyl sites for hydroxylation is 1. The zero-order valence-corrected chi connectivity index (χ0v) is 12.4. The third-order valence-corrected chi connectivity index (χ3v) is 4.20. The number of fused-ring (bicyclic) bond motifs is 1. The number of hydrogen-bond donors (Lipinski definition) is 0. The van der Waals surface area contributed by atoms with Crippen LogP contribution in [0.25, 0.3) is 10.8 Å². The number of furan rings is 1. The summed E-state index contributed by atoms with van der Waals surface area (Å²) in [5, 5.41) is 2.61. The standard InChI is InChI=1S/C17H15BrO/c1-12-9-10-19-17(12)16(18)11-14-7-4-6-13-5-2-3-8-15(13)14/h2-10,16H,11H2,1H3. The van der Waals surface area contributed by atoms with Gasteiger partial charge in [-0.05, 0) is 41.3 Å². The van der Waals surface area contributed by atoms with Gasteiger partial charge in [-0.15, -0.1) is 0 Å². The minimum atomic E-state index is 0.216. The highest BCUT2D eigenvalue weighted by molar-refractivity contribution is 9.09. The van der Waals surface area contributed by atoms with E-state index in [2.05, 4.69) is 65.3 Å². The van der Waals surface area contributed by atoms with Crippen molar-refractivity contribution in [3.8, 4) is 0 Å². The molecule has 0 saturated heterocycles. The lowest BCUT2D eigenvalue weighted by atomic mass is 10.00. The van der Waals surface area contributed by atoms with E-state index in [4.69, 9.17) is 4.42 Å². The lowest BCUT2D eigenvalue weighted by Crippen LogP contribution is -1.96. The molecule has 0 amide bonds. The summed E-state index contributed by atoms with van der Waals surface area (Å²) in [6.45, 7) is 2.08. The number of rotatable bonds is 3. The second kappa shape index (κ2) is 5.22. The molecule has 0 aliphatic rings. The third-order valence-electron chi connectivity index (χ3n) is 3.47. The van der Waals surface area contributed by atoms with Crippen LogP contribution in [0.1, 0.15) is 21.7 Å². The molecule has 96 valence electrons. The summed E-state index contributed by atoms with van der Waals surface area (Å²) in [4.78, 5) is 0.216. The normalized spacial score (nSPS) is 12.7. The minimum absolute atomic E-state index is 0.216. The molecule has 1 atom stereocenters. The van der Waals surface area contributed by atoms with Crippen molar-refractivity contribution in [3.05, 3.63) is 71.7 Å². The maximum Gasteiger partial charge on any atom is 0.120 e. The van der Waals surface area contributed by atoms with Crippen molar-refractivity contribution in [2.45, 2.75) is 18.2 Å². The van der Waals surface area contributed by atoms with E-state index in [0.29, 0.717) is 0 Å². The molecule has 1 heterocycles. The molecular formula is C17H15BrO. The van der Waals surface area contributed by atoms with Gasteiger partial charge in [0.2, 0.25) is 0 Å². The van der Waals surface area contributed by atoms with Gasteiger partial charge >= 0.3 is 0 Å². The Morgan fingerprint density at radius 3 is 2.63 bits per heavy atom. The first-order chi connectivity index (χ1) is 9.25. The highest BCUT2D eigenvalue weighted by atomic mass is 79.9. The van der Waals surface area contributed by atoms with Gasteiger partial charge in [0.1, 0.15) is 5.76 Å². The van der Waals surface area contributed by atoms with E-state index in [1.165, 1.54) is 21.9 Å². The van der Waals surface area contributed by atoms with Crippen LogP contribution in [-0.2, 0) is 6.42 Å². The quantitative estimate of drug-likeness (QED) is 0.588. The van der Waals surface area contributed by atoms with E-state index in [9.17, 15) is 0 Å². The molecule has 1 aromatic heterocycles. The number of hydrogen-bond acceptors (Lipinski definition) is 1. The smallest absolute Gasteiger partial charge is 0.120 e. The van der Waals surface area contributed by atoms with Gasteiger partial charge in [0, 0.05) is 0 Å². The molecule has 19 heavy (non-hydrogen) atoms. The Bertz CT molecular complexity index is 694. The molecule has 2 aromatic carbocycles. The van der Waals surface area contributed by atoms with Crippen molar-refractivity contribution in [2.24, 2.45) is 0 Å². The second-order valence-electron chi connectivity index (χ2n) is 4.78. The molecule has 0 aliphatic carbocycles. The first kappa shape index (κ1) is 12.5. The fraction of sp³-hybridized carbons (Fsp3) is 0.176.